The van der Waals surface area contributed by atoms with Gasteiger partial charge in [0.2, 0.25) is 0 Å². The first-order valence-electron chi connectivity index (χ1n) is 8.20. The van der Waals surface area contributed by atoms with Gasteiger partial charge in [-0.15, -0.1) is 0 Å². The molecule has 0 aliphatic carbocycles. The van der Waals surface area contributed by atoms with E-state index in [1.165, 1.54) is 18.4 Å². The van der Waals surface area contributed by atoms with Crippen molar-refractivity contribution in [2.45, 2.75) is 0 Å². The molecular weight excluding hydrogens is 380 g/mol. The normalized spacial score (nSPS) is 10.8. The predicted octanol–water partition coefficient (Wildman–Crippen LogP) is 2.81. The van der Waals surface area contributed by atoms with E-state index < -0.39 is 17.2 Å². The fourth-order valence-electron chi connectivity index (χ4n) is 2.67. The Balaban J connectivity index is 1.73. The fraction of sp³-hybridized carbons (Fsp3) is 0.0526. The standard InChI is InChI=1S/C19H14N4O4S/c1-27-14-8-4-3-7-12(14)23-16(25)10-13(24)17(22-23)18(26)21-19-20-11-6-2-5-9-15(11)28-19/h2-10,24H,1H3,(H,20,21,26). The third-order valence-electron chi connectivity index (χ3n) is 3.95. The third kappa shape index (κ3) is 3.19. The van der Waals surface area contributed by atoms with E-state index in [1.54, 1.807) is 24.3 Å². The molecule has 8 nitrogen and oxygen atoms in total. The molecule has 0 atom stereocenters. The van der Waals surface area contributed by atoms with Crippen LogP contribution in [-0.2, 0) is 0 Å². The lowest BCUT2D eigenvalue weighted by atomic mass is 10.3. The number of anilines is 1. The summed E-state index contributed by atoms with van der Waals surface area (Å²) in [5, 5.41) is 17.1. The Bertz CT molecular complexity index is 1220. The Morgan fingerprint density at radius 1 is 1.18 bits per heavy atom. The molecule has 0 saturated carbocycles. The van der Waals surface area contributed by atoms with Crippen molar-refractivity contribution in [1.82, 2.24) is 14.8 Å². The molecule has 0 radical (unpaired) electrons. The second-order valence-electron chi connectivity index (χ2n) is 5.74. The number of aromatic nitrogens is 3. The number of methoxy groups -OCH3 is 1. The Morgan fingerprint density at radius 3 is 2.71 bits per heavy atom. The van der Waals surface area contributed by atoms with Crippen molar-refractivity contribution in [3.05, 3.63) is 70.6 Å². The van der Waals surface area contributed by atoms with E-state index in [4.69, 9.17) is 4.74 Å². The molecule has 28 heavy (non-hydrogen) atoms. The van der Waals surface area contributed by atoms with Crippen LogP contribution in [-0.4, -0.2) is 32.9 Å². The molecule has 0 fully saturated rings. The van der Waals surface area contributed by atoms with Crippen LogP contribution in [0.1, 0.15) is 10.5 Å². The van der Waals surface area contributed by atoms with Crippen molar-refractivity contribution >= 4 is 32.6 Å². The van der Waals surface area contributed by atoms with Gasteiger partial charge in [-0.3, -0.25) is 14.9 Å². The van der Waals surface area contributed by atoms with Gasteiger partial charge in [0.1, 0.15) is 11.4 Å². The molecule has 2 N–H and O–H groups in total. The molecule has 9 heteroatoms. The van der Waals surface area contributed by atoms with Gasteiger partial charge in [-0.05, 0) is 24.3 Å². The number of nitrogens with one attached hydrogen (secondary N) is 1. The second-order valence-corrected chi connectivity index (χ2v) is 6.77. The number of nitrogens with zero attached hydrogens (tertiary/aromatic N) is 3. The number of fused-ring (bicyclic) bond motifs is 1. The lowest BCUT2D eigenvalue weighted by Crippen LogP contribution is -2.25. The highest BCUT2D eigenvalue weighted by atomic mass is 32.1. The topological polar surface area (TPSA) is 106 Å². The van der Waals surface area contributed by atoms with E-state index in [0.29, 0.717) is 16.6 Å². The summed E-state index contributed by atoms with van der Waals surface area (Å²) < 4.78 is 7.16. The largest absolute Gasteiger partial charge is 0.505 e. The number of hydrogen-bond acceptors (Lipinski definition) is 7. The molecule has 2 aromatic heterocycles. The van der Waals surface area contributed by atoms with E-state index in [0.717, 1.165) is 21.0 Å². The molecule has 1 amide bonds. The summed E-state index contributed by atoms with van der Waals surface area (Å²) in [5.41, 5.74) is 0.200. The smallest absolute Gasteiger partial charge is 0.281 e. The maximum absolute atomic E-state index is 12.6. The van der Waals surface area contributed by atoms with Crippen LogP contribution in [0.25, 0.3) is 15.9 Å². The van der Waals surface area contributed by atoms with Crippen molar-refractivity contribution in [2.75, 3.05) is 12.4 Å². The van der Waals surface area contributed by atoms with Crippen LogP contribution in [0.4, 0.5) is 5.13 Å². The Morgan fingerprint density at radius 2 is 1.93 bits per heavy atom. The van der Waals surface area contributed by atoms with Crippen LogP contribution < -0.4 is 15.6 Å². The van der Waals surface area contributed by atoms with Crippen LogP contribution in [0.5, 0.6) is 11.5 Å². The zero-order valence-corrected chi connectivity index (χ0v) is 15.4. The van der Waals surface area contributed by atoms with Gasteiger partial charge in [0, 0.05) is 6.07 Å². The van der Waals surface area contributed by atoms with E-state index >= 15 is 0 Å². The number of carbonyl (C=O) groups excluding carboxylic acids is 1. The minimum Gasteiger partial charge on any atom is -0.505 e. The van der Waals surface area contributed by atoms with Gasteiger partial charge in [0.05, 0.1) is 17.3 Å². The van der Waals surface area contributed by atoms with Crippen molar-refractivity contribution < 1.29 is 14.6 Å². The molecule has 0 saturated heterocycles. The molecule has 0 aliphatic heterocycles. The van der Waals surface area contributed by atoms with Crippen LogP contribution in [0.15, 0.2) is 59.4 Å². The highest BCUT2D eigenvalue weighted by Crippen LogP contribution is 2.26. The van der Waals surface area contributed by atoms with Gasteiger partial charge < -0.3 is 9.84 Å². The summed E-state index contributed by atoms with van der Waals surface area (Å²) in [6.45, 7) is 0. The molecule has 2 aromatic carbocycles. The van der Waals surface area contributed by atoms with Crippen LogP contribution in [0.3, 0.4) is 0 Å². The minimum atomic E-state index is -0.680. The Labute approximate surface area is 162 Å². The van der Waals surface area contributed by atoms with Crippen molar-refractivity contribution in [3.8, 4) is 17.2 Å². The van der Waals surface area contributed by atoms with Crippen molar-refractivity contribution in [1.29, 1.82) is 0 Å². The first kappa shape index (κ1) is 17.7. The minimum absolute atomic E-state index is 0.301. The summed E-state index contributed by atoms with van der Waals surface area (Å²) in [5.74, 6) is -0.796. The van der Waals surface area contributed by atoms with Crippen LogP contribution in [0.2, 0.25) is 0 Å². The maximum Gasteiger partial charge on any atom is 0.281 e. The summed E-state index contributed by atoms with van der Waals surface area (Å²) in [6.07, 6.45) is 0. The SMILES string of the molecule is COc1ccccc1-n1nc(C(=O)Nc2nc3ccccc3s2)c(O)cc1=O. The predicted molar refractivity (Wildman–Crippen MR) is 106 cm³/mol. The second kappa shape index (κ2) is 7.12. The number of ether oxygens (including phenoxy) is 1. The van der Waals surface area contributed by atoms with Gasteiger partial charge in [-0.2, -0.15) is 9.78 Å². The number of amides is 1. The van der Waals surface area contributed by atoms with Gasteiger partial charge in [0.15, 0.2) is 16.6 Å². The van der Waals surface area contributed by atoms with E-state index in [1.807, 2.05) is 24.3 Å². The molecule has 0 bridgehead atoms. The zero-order chi connectivity index (χ0) is 19.7. The zero-order valence-electron chi connectivity index (χ0n) is 14.6. The van der Waals surface area contributed by atoms with Gasteiger partial charge >= 0.3 is 0 Å². The van der Waals surface area contributed by atoms with E-state index in [9.17, 15) is 14.7 Å². The molecule has 4 aromatic rings. The Kier molecular flexibility index (Phi) is 4.50. The number of thiazole rings is 1. The Hall–Kier alpha value is -3.72. The third-order valence-corrected chi connectivity index (χ3v) is 4.91. The molecule has 140 valence electrons. The summed E-state index contributed by atoms with van der Waals surface area (Å²) in [7, 11) is 1.46. The first-order chi connectivity index (χ1) is 13.6. The number of para-hydroxylation sites is 3. The fourth-order valence-corrected chi connectivity index (χ4v) is 3.53. The quantitative estimate of drug-likeness (QED) is 0.551. The highest BCUT2D eigenvalue weighted by Gasteiger charge is 2.19. The summed E-state index contributed by atoms with van der Waals surface area (Å²) in [6, 6.07) is 15.1. The average molecular weight is 394 g/mol. The maximum atomic E-state index is 12.6. The molecule has 2 heterocycles. The van der Waals surface area contributed by atoms with E-state index in [2.05, 4.69) is 15.4 Å². The number of carbonyl (C=O) groups is 1. The van der Waals surface area contributed by atoms with Gasteiger partial charge in [-0.1, -0.05) is 35.6 Å². The number of aromatic hydroxyl groups is 1. The van der Waals surface area contributed by atoms with Crippen LogP contribution in [0, 0.1) is 0 Å². The van der Waals surface area contributed by atoms with E-state index in [-0.39, 0.29) is 5.69 Å². The molecule has 4 rings (SSSR count). The summed E-state index contributed by atoms with van der Waals surface area (Å²) >= 11 is 1.29. The lowest BCUT2D eigenvalue weighted by Gasteiger charge is -2.11. The summed E-state index contributed by atoms with van der Waals surface area (Å²) in [4.78, 5) is 29.3. The molecule has 0 aliphatic rings. The molecular formula is C19H14N4O4S. The van der Waals surface area contributed by atoms with Crippen LogP contribution >= 0.6 is 11.3 Å². The number of hydrogen-bond donors (Lipinski definition) is 2. The van der Waals surface area contributed by atoms with Gasteiger partial charge in [-0.25, -0.2) is 4.98 Å². The lowest BCUT2D eigenvalue weighted by molar-refractivity contribution is 0.101. The highest BCUT2D eigenvalue weighted by molar-refractivity contribution is 7.22. The first-order valence-corrected chi connectivity index (χ1v) is 9.02. The van der Waals surface area contributed by atoms with Crippen molar-refractivity contribution in [3.63, 3.8) is 0 Å². The number of benzene rings is 2. The van der Waals surface area contributed by atoms with Gasteiger partial charge in [0.25, 0.3) is 11.5 Å². The molecule has 0 unspecified atom stereocenters. The average Bonchev–Trinajstić information content (AvgIpc) is 3.10. The molecule has 0 spiro atoms. The van der Waals surface area contributed by atoms with Crippen molar-refractivity contribution in [2.24, 2.45) is 0 Å². The monoisotopic (exact) mass is 394 g/mol. The number of rotatable bonds is 4.